The first-order chi connectivity index (χ1) is 13.7. The first kappa shape index (κ1) is 22.6. The molecule has 4 amide bonds. The molecular formula is C20H28ClN5O3S. The van der Waals surface area contributed by atoms with Gasteiger partial charge in [-0.15, -0.1) is 23.7 Å². The van der Waals surface area contributed by atoms with Crippen molar-refractivity contribution in [2.45, 2.75) is 64.5 Å². The van der Waals surface area contributed by atoms with Gasteiger partial charge in [-0.1, -0.05) is 19.3 Å². The average molecular weight is 454 g/mol. The van der Waals surface area contributed by atoms with Crippen LogP contribution in [0.2, 0.25) is 0 Å². The molecule has 0 unspecified atom stereocenters. The van der Waals surface area contributed by atoms with E-state index < -0.39 is 11.6 Å². The van der Waals surface area contributed by atoms with Crippen molar-refractivity contribution in [1.82, 2.24) is 25.3 Å². The first-order valence-corrected chi connectivity index (χ1v) is 11.0. The molecule has 0 radical (unpaired) electrons. The molecule has 164 valence electrons. The van der Waals surface area contributed by atoms with Crippen LogP contribution in [0.5, 0.6) is 0 Å². The summed E-state index contributed by atoms with van der Waals surface area (Å²) in [6, 6.07) is 1.90. The molecule has 8 nitrogen and oxygen atoms in total. The van der Waals surface area contributed by atoms with Gasteiger partial charge in [0.2, 0.25) is 5.91 Å². The highest BCUT2D eigenvalue weighted by Crippen LogP contribution is 2.35. The summed E-state index contributed by atoms with van der Waals surface area (Å²) in [7, 11) is 0. The quantitative estimate of drug-likeness (QED) is 0.678. The Bertz CT molecular complexity index is 961. The molecule has 1 aliphatic carbocycles. The number of urea groups is 1. The first-order valence-electron chi connectivity index (χ1n) is 10.1. The zero-order chi connectivity index (χ0) is 20.8. The summed E-state index contributed by atoms with van der Waals surface area (Å²) in [4.78, 5) is 39.4. The van der Waals surface area contributed by atoms with Crippen LogP contribution in [0.3, 0.4) is 0 Å². The van der Waals surface area contributed by atoms with Gasteiger partial charge in [0.1, 0.15) is 4.83 Å². The number of aryl methyl sites for hydroxylation is 1. The molecule has 2 aliphatic rings. The molecule has 0 atom stereocenters. The van der Waals surface area contributed by atoms with Gasteiger partial charge in [-0.3, -0.25) is 19.2 Å². The molecule has 2 aromatic rings. The van der Waals surface area contributed by atoms with Crippen LogP contribution < -0.4 is 10.6 Å². The maximum Gasteiger partial charge on any atom is 0.324 e. The second-order valence-electron chi connectivity index (χ2n) is 8.63. The van der Waals surface area contributed by atoms with Crippen molar-refractivity contribution in [3.05, 3.63) is 16.6 Å². The van der Waals surface area contributed by atoms with E-state index >= 15 is 0 Å². The van der Waals surface area contributed by atoms with E-state index in [0.29, 0.717) is 10.9 Å². The minimum atomic E-state index is -0.741. The van der Waals surface area contributed by atoms with E-state index in [2.05, 4.69) is 15.3 Å². The standard InChI is InChI=1S/C20H27N5O3S.ClH/c1-12-14-9-15(29-18(14)25(23-12)13-7-5-4-6-8-13)17(27)22-20(2,3)11-24-16(26)10-21-19(24)28;/h9,13H,4-8,10-11H2,1-3H3,(H,21,28)(H,22,27);1H. The van der Waals surface area contributed by atoms with E-state index in [1.54, 1.807) is 0 Å². The Balaban J connectivity index is 0.00000256. The molecule has 1 saturated carbocycles. The van der Waals surface area contributed by atoms with Gasteiger partial charge in [-0.25, -0.2) is 4.79 Å². The van der Waals surface area contributed by atoms with E-state index in [4.69, 9.17) is 5.10 Å². The van der Waals surface area contributed by atoms with Gasteiger partial charge in [0.05, 0.1) is 35.2 Å². The number of nitrogens with zero attached hydrogens (tertiary/aromatic N) is 3. The highest BCUT2D eigenvalue weighted by Gasteiger charge is 2.35. The normalized spacial score (nSPS) is 17.9. The fourth-order valence-electron chi connectivity index (χ4n) is 4.18. The van der Waals surface area contributed by atoms with Gasteiger partial charge in [0, 0.05) is 5.39 Å². The molecular weight excluding hydrogens is 426 g/mol. The molecule has 1 aliphatic heterocycles. The molecule has 3 heterocycles. The number of aromatic nitrogens is 2. The Hall–Kier alpha value is -2.13. The average Bonchev–Trinajstić information content (AvgIpc) is 3.33. The van der Waals surface area contributed by atoms with Crippen molar-refractivity contribution in [1.29, 1.82) is 0 Å². The molecule has 10 heteroatoms. The van der Waals surface area contributed by atoms with Crippen LogP contribution >= 0.6 is 23.7 Å². The van der Waals surface area contributed by atoms with Gasteiger partial charge in [0.25, 0.3) is 5.91 Å². The maximum absolute atomic E-state index is 12.9. The molecule has 30 heavy (non-hydrogen) atoms. The third-order valence-electron chi connectivity index (χ3n) is 5.65. The van der Waals surface area contributed by atoms with Crippen molar-refractivity contribution in [3.8, 4) is 0 Å². The van der Waals surface area contributed by atoms with Crippen molar-refractivity contribution >= 4 is 51.8 Å². The number of nitrogens with one attached hydrogen (secondary N) is 2. The minimum Gasteiger partial charge on any atom is -0.345 e. The van der Waals surface area contributed by atoms with Crippen LogP contribution in [-0.4, -0.2) is 51.2 Å². The lowest BCUT2D eigenvalue weighted by atomic mass is 9.96. The number of thiophene rings is 1. The second kappa shape index (κ2) is 8.55. The van der Waals surface area contributed by atoms with Gasteiger partial charge in [-0.2, -0.15) is 5.10 Å². The van der Waals surface area contributed by atoms with Gasteiger partial charge < -0.3 is 10.6 Å². The Morgan fingerprint density at radius 2 is 2.00 bits per heavy atom. The number of carbonyl (C=O) groups excluding carboxylic acids is 3. The predicted octanol–water partition coefficient (Wildman–Crippen LogP) is 3.39. The lowest BCUT2D eigenvalue weighted by molar-refractivity contribution is -0.125. The fourth-order valence-corrected chi connectivity index (χ4v) is 5.30. The SMILES string of the molecule is Cc1nn(C2CCCCC2)c2sc(C(=O)NC(C)(C)CN3C(=O)CNC3=O)cc12.Cl. The number of amides is 4. The van der Waals surface area contributed by atoms with E-state index in [-0.39, 0.29) is 37.3 Å². The molecule has 1 saturated heterocycles. The third-order valence-corrected chi connectivity index (χ3v) is 6.78. The van der Waals surface area contributed by atoms with Crippen LogP contribution in [0.15, 0.2) is 6.07 Å². The Labute approximate surface area is 185 Å². The molecule has 2 fully saturated rings. The summed E-state index contributed by atoms with van der Waals surface area (Å²) in [5.74, 6) is -0.472. The second-order valence-corrected chi connectivity index (χ2v) is 9.66. The molecule has 0 aromatic carbocycles. The zero-order valence-electron chi connectivity index (χ0n) is 17.5. The van der Waals surface area contributed by atoms with Gasteiger partial charge >= 0.3 is 6.03 Å². The van der Waals surface area contributed by atoms with E-state index in [1.165, 1.54) is 30.6 Å². The van der Waals surface area contributed by atoms with Crippen molar-refractivity contribution in [2.75, 3.05) is 13.1 Å². The lowest BCUT2D eigenvalue weighted by Gasteiger charge is -2.29. The number of halogens is 1. The third kappa shape index (κ3) is 4.32. The zero-order valence-corrected chi connectivity index (χ0v) is 19.1. The van der Waals surface area contributed by atoms with Gasteiger partial charge in [-0.05, 0) is 39.7 Å². The summed E-state index contributed by atoms with van der Waals surface area (Å²) < 4.78 is 2.11. The largest absolute Gasteiger partial charge is 0.345 e. The van der Waals surface area contributed by atoms with Crippen molar-refractivity contribution in [2.24, 2.45) is 0 Å². The van der Waals surface area contributed by atoms with Gasteiger partial charge in [0.15, 0.2) is 0 Å². The maximum atomic E-state index is 12.9. The molecule has 2 aromatic heterocycles. The summed E-state index contributed by atoms with van der Waals surface area (Å²) in [5.41, 5.74) is 0.203. The summed E-state index contributed by atoms with van der Waals surface area (Å²) in [5, 5.41) is 11.2. The number of imide groups is 1. The van der Waals surface area contributed by atoms with Crippen LogP contribution in [-0.2, 0) is 4.79 Å². The number of rotatable bonds is 5. The highest BCUT2D eigenvalue weighted by molar-refractivity contribution is 7.20. The van der Waals surface area contributed by atoms with E-state index in [9.17, 15) is 14.4 Å². The van der Waals surface area contributed by atoms with Crippen LogP contribution in [0.4, 0.5) is 4.79 Å². The number of hydrogen-bond acceptors (Lipinski definition) is 5. The molecule has 0 bridgehead atoms. The topological polar surface area (TPSA) is 96.3 Å². The Kier molecular flexibility index (Phi) is 6.43. The minimum absolute atomic E-state index is 0. The van der Waals surface area contributed by atoms with Crippen molar-refractivity contribution < 1.29 is 14.4 Å². The van der Waals surface area contributed by atoms with E-state index in [0.717, 1.165) is 33.7 Å². The highest BCUT2D eigenvalue weighted by atomic mass is 35.5. The molecule has 0 spiro atoms. The lowest BCUT2D eigenvalue weighted by Crippen LogP contribution is -2.52. The summed E-state index contributed by atoms with van der Waals surface area (Å²) in [6.07, 6.45) is 6.00. The molecule has 2 N–H and O–H groups in total. The number of carbonyl (C=O) groups is 3. The number of fused-ring (bicyclic) bond motifs is 1. The summed E-state index contributed by atoms with van der Waals surface area (Å²) >= 11 is 1.46. The smallest absolute Gasteiger partial charge is 0.324 e. The number of hydrogen-bond donors (Lipinski definition) is 2. The Morgan fingerprint density at radius 1 is 1.30 bits per heavy atom. The van der Waals surface area contributed by atoms with Crippen molar-refractivity contribution in [3.63, 3.8) is 0 Å². The summed E-state index contributed by atoms with van der Waals surface area (Å²) in [6.45, 7) is 5.75. The van der Waals surface area contributed by atoms with E-state index in [1.807, 2.05) is 26.8 Å². The Morgan fingerprint density at radius 3 is 2.63 bits per heavy atom. The fraction of sp³-hybridized carbons (Fsp3) is 0.600. The molecule has 4 rings (SSSR count). The van der Waals surface area contributed by atoms with Crippen LogP contribution in [0, 0.1) is 6.92 Å². The monoisotopic (exact) mass is 453 g/mol. The van der Waals surface area contributed by atoms with Crippen LogP contribution in [0.25, 0.3) is 10.2 Å². The predicted molar refractivity (Wildman–Crippen MR) is 118 cm³/mol. The van der Waals surface area contributed by atoms with Crippen LogP contribution in [0.1, 0.15) is 67.4 Å².